The first-order chi connectivity index (χ1) is 6.27. The molecule has 0 aromatic carbocycles. The minimum atomic E-state index is -4.42. The molecule has 78 valence electrons. The zero-order valence-corrected chi connectivity index (χ0v) is 7.97. The van der Waals surface area contributed by atoms with Gasteiger partial charge in [0.15, 0.2) is 0 Å². The van der Waals surface area contributed by atoms with Gasteiger partial charge in [-0.3, -0.25) is 0 Å². The first kappa shape index (κ1) is 12.7. The second kappa shape index (κ2) is 4.77. The summed E-state index contributed by atoms with van der Waals surface area (Å²) in [4.78, 5) is 0. The summed E-state index contributed by atoms with van der Waals surface area (Å²) in [6.07, 6.45) is -1.72. The van der Waals surface area contributed by atoms with Gasteiger partial charge in [0.05, 0.1) is 0 Å². The standard InChI is InChI=1S/C9H11F3N2/c1-4-5-8(2,3)6-13-14-7-9(10,11)12/h5-7H,1H2,2-3H3/b13-6+,14-7+. The van der Waals surface area contributed by atoms with E-state index in [1.807, 2.05) is 0 Å². The highest BCUT2D eigenvalue weighted by Crippen LogP contribution is 2.13. The molecule has 0 aliphatic rings. The number of hydrogen-bond acceptors (Lipinski definition) is 2. The summed E-state index contributed by atoms with van der Waals surface area (Å²) in [5.41, 5.74) is 2.03. The van der Waals surface area contributed by atoms with Crippen LogP contribution in [0.25, 0.3) is 0 Å². The van der Waals surface area contributed by atoms with Crippen LogP contribution in [0.3, 0.4) is 0 Å². The fraction of sp³-hybridized carbons (Fsp3) is 0.444. The molecule has 0 aromatic rings. The van der Waals surface area contributed by atoms with Crippen molar-refractivity contribution in [3.63, 3.8) is 0 Å². The molecule has 14 heavy (non-hydrogen) atoms. The Bertz CT molecular complexity index is 281. The van der Waals surface area contributed by atoms with Crippen molar-refractivity contribution in [2.24, 2.45) is 15.6 Å². The van der Waals surface area contributed by atoms with Crippen LogP contribution in [-0.2, 0) is 0 Å². The lowest BCUT2D eigenvalue weighted by atomic mass is 9.96. The molecule has 0 heterocycles. The molecule has 0 unspecified atom stereocenters. The number of halogens is 3. The first-order valence-corrected chi connectivity index (χ1v) is 3.79. The molecule has 0 spiro atoms. The molecule has 0 aliphatic carbocycles. The van der Waals surface area contributed by atoms with Gasteiger partial charge in [0, 0.05) is 11.6 Å². The predicted octanol–water partition coefficient (Wildman–Crippen LogP) is 2.97. The molecule has 0 atom stereocenters. The van der Waals surface area contributed by atoms with Crippen LogP contribution in [0.4, 0.5) is 13.2 Å². The summed E-state index contributed by atoms with van der Waals surface area (Å²) in [6, 6.07) is 0. The quantitative estimate of drug-likeness (QED) is 0.383. The van der Waals surface area contributed by atoms with Crippen LogP contribution in [0.5, 0.6) is 0 Å². The lowest BCUT2D eigenvalue weighted by molar-refractivity contribution is -0.0537. The van der Waals surface area contributed by atoms with E-state index in [-0.39, 0.29) is 6.21 Å². The van der Waals surface area contributed by atoms with Crippen molar-refractivity contribution in [2.45, 2.75) is 20.0 Å². The molecule has 0 aliphatic heterocycles. The Hall–Kier alpha value is -1.35. The lowest BCUT2D eigenvalue weighted by Crippen LogP contribution is -2.09. The van der Waals surface area contributed by atoms with Gasteiger partial charge in [0.25, 0.3) is 0 Å². The average Bonchev–Trinajstić information content (AvgIpc) is 1.96. The molecule has 0 aromatic heterocycles. The number of alkyl halides is 3. The molecule has 0 saturated heterocycles. The van der Waals surface area contributed by atoms with Gasteiger partial charge in [-0.2, -0.15) is 23.4 Å². The first-order valence-electron chi connectivity index (χ1n) is 3.79. The molecule has 0 rings (SSSR count). The van der Waals surface area contributed by atoms with Crippen LogP contribution in [0.2, 0.25) is 0 Å². The second-order valence-electron chi connectivity index (χ2n) is 3.20. The van der Waals surface area contributed by atoms with Gasteiger partial charge in [0.2, 0.25) is 0 Å². The van der Waals surface area contributed by atoms with Crippen molar-refractivity contribution < 1.29 is 13.2 Å². The molecule has 0 fully saturated rings. The third-order valence-corrected chi connectivity index (χ3v) is 1.14. The maximum absolute atomic E-state index is 11.6. The fourth-order valence-corrected chi connectivity index (χ4v) is 0.581. The summed E-state index contributed by atoms with van der Waals surface area (Å²) < 4.78 is 34.7. The Balaban J connectivity index is 4.33. The van der Waals surface area contributed by atoms with Gasteiger partial charge in [-0.05, 0) is 6.08 Å². The van der Waals surface area contributed by atoms with E-state index < -0.39 is 11.6 Å². The van der Waals surface area contributed by atoms with Crippen LogP contribution in [-0.4, -0.2) is 18.6 Å². The van der Waals surface area contributed by atoms with Crippen LogP contribution in [0, 0.1) is 5.41 Å². The van der Waals surface area contributed by atoms with E-state index >= 15 is 0 Å². The van der Waals surface area contributed by atoms with Gasteiger partial charge in [0.1, 0.15) is 6.21 Å². The smallest absolute Gasteiger partial charge is 0.165 e. The van der Waals surface area contributed by atoms with E-state index in [0.717, 1.165) is 0 Å². The molecule has 5 heteroatoms. The minimum Gasteiger partial charge on any atom is -0.165 e. The Kier molecular flexibility index (Phi) is 4.31. The highest BCUT2D eigenvalue weighted by molar-refractivity contribution is 5.69. The average molecular weight is 204 g/mol. The molecule has 2 nitrogen and oxygen atoms in total. The summed E-state index contributed by atoms with van der Waals surface area (Å²) in [7, 11) is 0. The van der Waals surface area contributed by atoms with Crippen LogP contribution in [0.1, 0.15) is 13.8 Å². The molecule has 0 radical (unpaired) electrons. The summed E-state index contributed by atoms with van der Waals surface area (Å²) >= 11 is 0. The molecular formula is C9H11F3N2. The van der Waals surface area contributed by atoms with Crippen molar-refractivity contribution in [1.29, 1.82) is 0 Å². The highest BCUT2D eigenvalue weighted by Gasteiger charge is 2.23. The summed E-state index contributed by atoms with van der Waals surface area (Å²) in [6.45, 7) is 6.85. The predicted molar refractivity (Wildman–Crippen MR) is 50.5 cm³/mol. The lowest BCUT2D eigenvalue weighted by Gasteiger charge is -2.09. The van der Waals surface area contributed by atoms with Crippen molar-refractivity contribution in [1.82, 2.24) is 0 Å². The Morgan fingerprint density at radius 2 is 1.64 bits per heavy atom. The minimum absolute atomic E-state index is 0.169. The normalized spacial score (nSPS) is 13.5. The summed E-state index contributed by atoms with van der Waals surface area (Å²) in [5, 5.41) is 6.13. The third kappa shape index (κ3) is 7.31. The molecular weight excluding hydrogens is 193 g/mol. The largest absolute Gasteiger partial charge is 0.428 e. The van der Waals surface area contributed by atoms with E-state index in [2.05, 4.69) is 22.5 Å². The van der Waals surface area contributed by atoms with Crippen LogP contribution < -0.4 is 0 Å². The SMILES string of the molecule is C=C=CC(C)(C)/C=N/N=C/C(F)(F)F. The zero-order chi connectivity index (χ0) is 11.2. The number of hydrogen-bond donors (Lipinski definition) is 0. The van der Waals surface area contributed by atoms with Gasteiger partial charge in [-0.1, -0.05) is 20.4 Å². The van der Waals surface area contributed by atoms with E-state index in [4.69, 9.17) is 0 Å². The van der Waals surface area contributed by atoms with Gasteiger partial charge in [-0.15, -0.1) is 5.73 Å². The van der Waals surface area contributed by atoms with E-state index in [0.29, 0.717) is 0 Å². The Morgan fingerprint density at radius 1 is 1.14 bits per heavy atom. The van der Waals surface area contributed by atoms with E-state index in [1.54, 1.807) is 19.9 Å². The number of allylic oxidation sites excluding steroid dienone is 1. The maximum Gasteiger partial charge on any atom is 0.428 e. The van der Waals surface area contributed by atoms with Crippen molar-refractivity contribution in [3.05, 3.63) is 18.4 Å². The number of nitrogens with zero attached hydrogens (tertiary/aromatic N) is 2. The van der Waals surface area contributed by atoms with Gasteiger partial charge in [-0.25, -0.2) is 0 Å². The molecule has 0 N–H and O–H groups in total. The van der Waals surface area contributed by atoms with E-state index in [1.165, 1.54) is 6.21 Å². The van der Waals surface area contributed by atoms with Crippen molar-refractivity contribution in [3.8, 4) is 0 Å². The second-order valence-corrected chi connectivity index (χ2v) is 3.20. The Labute approximate surface area is 80.5 Å². The summed E-state index contributed by atoms with van der Waals surface area (Å²) in [5.74, 6) is 0. The van der Waals surface area contributed by atoms with Crippen molar-refractivity contribution in [2.75, 3.05) is 0 Å². The maximum atomic E-state index is 11.6. The molecule has 0 bridgehead atoms. The van der Waals surface area contributed by atoms with Crippen molar-refractivity contribution >= 4 is 12.4 Å². The topological polar surface area (TPSA) is 24.7 Å². The van der Waals surface area contributed by atoms with Crippen LogP contribution >= 0.6 is 0 Å². The molecule has 0 saturated carbocycles. The monoisotopic (exact) mass is 204 g/mol. The fourth-order valence-electron chi connectivity index (χ4n) is 0.581. The Morgan fingerprint density at radius 3 is 2.07 bits per heavy atom. The van der Waals surface area contributed by atoms with Gasteiger partial charge >= 0.3 is 6.18 Å². The highest BCUT2D eigenvalue weighted by atomic mass is 19.4. The van der Waals surface area contributed by atoms with Gasteiger partial charge < -0.3 is 0 Å². The third-order valence-electron chi connectivity index (χ3n) is 1.14. The van der Waals surface area contributed by atoms with E-state index in [9.17, 15) is 13.2 Å². The number of rotatable bonds is 3. The van der Waals surface area contributed by atoms with Crippen LogP contribution in [0.15, 0.2) is 28.6 Å². The zero-order valence-electron chi connectivity index (χ0n) is 7.97. The molecule has 0 amide bonds.